The molecule has 0 amide bonds. The van der Waals surface area contributed by atoms with Gasteiger partial charge in [0.1, 0.15) is 5.69 Å². The van der Waals surface area contributed by atoms with Gasteiger partial charge in [0.25, 0.3) is 5.89 Å². The molecular formula is C14H14N2O4. The quantitative estimate of drug-likeness (QED) is 0.593. The van der Waals surface area contributed by atoms with E-state index in [1.807, 2.05) is 6.07 Å². The van der Waals surface area contributed by atoms with Gasteiger partial charge in [0, 0.05) is 19.0 Å². The third kappa shape index (κ3) is 3.50. The molecule has 2 heterocycles. The number of methoxy groups -OCH3 is 1. The van der Waals surface area contributed by atoms with Crippen LogP contribution in [0.3, 0.4) is 0 Å². The average Bonchev–Trinajstić information content (AvgIpc) is 2.97. The zero-order valence-electron chi connectivity index (χ0n) is 11.0. The molecular weight excluding hydrogens is 260 g/mol. The van der Waals surface area contributed by atoms with E-state index in [0.717, 1.165) is 0 Å². The Morgan fingerprint density at radius 3 is 2.80 bits per heavy atom. The summed E-state index contributed by atoms with van der Waals surface area (Å²) < 4.78 is 9.88. The van der Waals surface area contributed by atoms with Crippen LogP contribution in [-0.4, -0.2) is 28.8 Å². The van der Waals surface area contributed by atoms with Crippen LogP contribution in [0.15, 0.2) is 35.0 Å². The summed E-state index contributed by atoms with van der Waals surface area (Å²) >= 11 is 0. The van der Waals surface area contributed by atoms with E-state index in [4.69, 9.17) is 4.42 Å². The molecule has 20 heavy (non-hydrogen) atoms. The normalized spacial score (nSPS) is 10.2. The predicted octanol–water partition coefficient (Wildman–Crippen LogP) is 2.26. The lowest BCUT2D eigenvalue weighted by Crippen LogP contribution is -2.03. The van der Waals surface area contributed by atoms with Gasteiger partial charge in [0.05, 0.1) is 13.3 Å². The van der Waals surface area contributed by atoms with Crippen molar-refractivity contribution in [3.05, 3.63) is 36.5 Å². The van der Waals surface area contributed by atoms with E-state index in [-0.39, 0.29) is 30.5 Å². The predicted molar refractivity (Wildman–Crippen MR) is 69.9 cm³/mol. The van der Waals surface area contributed by atoms with Crippen molar-refractivity contribution in [3.8, 4) is 11.5 Å². The zero-order valence-corrected chi connectivity index (χ0v) is 11.0. The Morgan fingerprint density at radius 2 is 2.10 bits per heavy atom. The molecule has 0 N–H and O–H groups in total. The van der Waals surface area contributed by atoms with Crippen LogP contribution in [0.5, 0.6) is 0 Å². The van der Waals surface area contributed by atoms with Crippen molar-refractivity contribution in [2.45, 2.75) is 19.3 Å². The molecule has 0 aliphatic rings. The molecule has 2 aromatic heterocycles. The topological polar surface area (TPSA) is 82.3 Å². The molecule has 0 spiro atoms. The number of ether oxygens (including phenoxy) is 1. The summed E-state index contributed by atoms with van der Waals surface area (Å²) in [7, 11) is 1.32. The Kier molecular flexibility index (Phi) is 4.60. The van der Waals surface area contributed by atoms with Gasteiger partial charge in [0.15, 0.2) is 5.76 Å². The fourth-order valence-electron chi connectivity index (χ4n) is 1.63. The first kappa shape index (κ1) is 13.9. The van der Waals surface area contributed by atoms with Crippen LogP contribution in [0.4, 0.5) is 0 Å². The van der Waals surface area contributed by atoms with E-state index in [9.17, 15) is 9.59 Å². The number of carbonyl (C=O) groups is 2. The standard InChI is InChI=1S/C14H14N2O4/c1-19-13(18)7-4-6-11(17)14-16-9-12(20-14)10-5-2-3-8-15-10/h2-3,5,8-9H,4,6-7H2,1H3. The molecule has 0 aromatic carbocycles. The molecule has 104 valence electrons. The highest BCUT2D eigenvalue weighted by atomic mass is 16.5. The smallest absolute Gasteiger partial charge is 0.305 e. The Hall–Kier alpha value is -2.50. The van der Waals surface area contributed by atoms with Crippen molar-refractivity contribution in [2.24, 2.45) is 0 Å². The van der Waals surface area contributed by atoms with E-state index in [0.29, 0.717) is 17.9 Å². The minimum Gasteiger partial charge on any atom is -0.469 e. The first-order chi connectivity index (χ1) is 9.70. The summed E-state index contributed by atoms with van der Waals surface area (Å²) in [6, 6.07) is 5.38. The Labute approximate surface area is 115 Å². The van der Waals surface area contributed by atoms with Gasteiger partial charge in [-0.05, 0) is 18.6 Å². The first-order valence-corrected chi connectivity index (χ1v) is 6.18. The molecule has 2 rings (SSSR count). The molecule has 2 aromatic rings. The summed E-state index contributed by atoms with van der Waals surface area (Å²) in [4.78, 5) is 30.8. The van der Waals surface area contributed by atoms with E-state index in [1.165, 1.54) is 13.3 Å². The maximum absolute atomic E-state index is 11.8. The van der Waals surface area contributed by atoms with Gasteiger partial charge in [-0.15, -0.1) is 0 Å². The molecule has 0 aliphatic heterocycles. The highest BCUT2D eigenvalue weighted by Crippen LogP contribution is 2.18. The molecule has 6 heteroatoms. The summed E-state index contributed by atoms with van der Waals surface area (Å²) in [5.74, 6) is -0.0899. The number of ketones is 1. The number of rotatable bonds is 6. The number of hydrogen-bond acceptors (Lipinski definition) is 6. The number of aromatic nitrogens is 2. The van der Waals surface area contributed by atoms with Gasteiger partial charge in [-0.25, -0.2) is 4.98 Å². The Balaban J connectivity index is 1.95. The third-order valence-corrected chi connectivity index (χ3v) is 2.67. The Bertz CT molecular complexity index is 592. The van der Waals surface area contributed by atoms with Crippen molar-refractivity contribution in [1.29, 1.82) is 0 Å². The second-order valence-electron chi connectivity index (χ2n) is 4.10. The summed E-state index contributed by atoms with van der Waals surface area (Å²) in [5.41, 5.74) is 0.619. The molecule has 0 aliphatic carbocycles. The van der Waals surface area contributed by atoms with Crippen LogP contribution in [-0.2, 0) is 9.53 Å². The van der Waals surface area contributed by atoms with Gasteiger partial charge in [0.2, 0.25) is 5.78 Å². The van der Waals surface area contributed by atoms with Crippen LogP contribution in [0.2, 0.25) is 0 Å². The van der Waals surface area contributed by atoms with Crippen molar-refractivity contribution >= 4 is 11.8 Å². The third-order valence-electron chi connectivity index (χ3n) is 2.67. The minimum absolute atomic E-state index is 0.0375. The highest BCUT2D eigenvalue weighted by Gasteiger charge is 2.15. The molecule has 0 unspecified atom stereocenters. The minimum atomic E-state index is -0.334. The monoisotopic (exact) mass is 274 g/mol. The molecule has 0 radical (unpaired) electrons. The van der Waals surface area contributed by atoms with Crippen molar-refractivity contribution in [3.63, 3.8) is 0 Å². The van der Waals surface area contributed by atoms with E-state index >= 15 is 0 Å². The largest absolute Gasteiger partial charge is 0.469 e. The number of Topliss-reactive ketones (excluding diaryl/α,β-unsaturated/α-hetero) is 1. The molecule has 6 nitrogen and oxygen atoms in total. The van der Waals surface area contributed by atoms with Crippen molar-refractivity contribution in [1.82, 2.24) is 9.97 Å². The van der Waals surface area contributed by atoms with Gasteiger partial charge >= 0.3 is 5.97 Å². The first-order valence-electron chi connectivity index (χ1n) is 6.18. The summed E-state index contributed by atoms with van der Waals surface area (Å²) in [5, 5.41) is 0. The molecule has 0 atom stereocenters. The van der Waals surface area contributed by atoms with Crippen molar-refractivity contribution in [2.75, 3.05) is 7.11 Å². The number of carbonyl (C=O) groups excluding carboxylic acids is 2. The molecule has 0 saturated heterocycles. The average molecular weight is 274 g/mol. The number of pyridine rings is 1. The Morgan fingerprint density at radius 1 is 1.25 bits per heavy atom. The molecule has 0 saturated carbocycles. The van der Waals surface area contributed by atoms with Crippen LogP contribution in [0.1, 0.15) is 29.9 Å². The van der Waals surface area contributed by atoms with Gasteiger partial charge in [-0.1, -0.05) is 6.07 Å². The van der Waals surface area contributed by atoms with Gasteiger partial charge < -0.3 is 9.15 Å². The lowest BCUT2D eigenvalue weighted by molar-refractivity contribution is -0.140. The number of nitrogens with zero attached hydrogens (tertiary/aromatic N) is 2. The molecule has 0 bridgehead atoms. The van der Waals surface area contributed by atoms with Crippen LogP contribution in [0.25, 0.3) is 11.5 Å². The second-order valence-corrected chi connectivity index (χ2v) is 4.10. The highest BCUT2D eigenvalue weighted by molar-refractivity contribution is 5.92. The van der Waals surface area contributed by atoms with E-state index < -0.39 is 0 Å². The molecule has 0 fully saturated rings. The van der Waals surface area contributed by atoms with E-state index in [1.54, 1.807) is 18.3 Å². The van der Waals surface area contributed by atoms with Crippen molar-refractivity contribution < 1.29 is 18.7 Å². The van der Waals surface area contributed by atoms with Gasteiger partial charge in [-0.2, -0.15) is 0 Å². The number of oxazole rings is 1. The lowest BCUT2D eigenvalue weighted by atomic mass is 10.2. The van der Waals surface area contributed by atoms with Crippen LogP contribution >= 0.6 is 0 Å². The van der Waals surface area contributed by atoms with Crippen LogP contribution < -0.4 is 0 Å². The summed E-state index contributed by atoms with van der Waals surface area (Å²) in [6.45, 7) is 0. The maximum atomic E-state index is 11.8. The summed E-state index contributed by atoms with van der Waals surface area (Å²) in [6.07, 6.45) is 3.91. The maximum Gasteiger partial charge on any atom is 0.305 e. The fraction of sp³-hybridized carbons (Fsp3) is 0.286. The number of hydrogen-bond donors (Lipinski definition) is 0. The van der Waals surface area contributed by atoms with Crippen LogP contribution in [0, 0.1) is 0 Å². The lowest BCUT2D eigenvalue weighted by Gasteiger charge is -1.97. The SMILES string of the molecule is COC(=O)CCCC(=O)c1ncc(-c2ccccn2)o1. The zero-order chi connectivity index (χ0) is 14.4. The van der Waals surface area contributed by atoms with E-state index in [2.05, 4.69) is 14.7 Å². The van der Waals surface area contributed by atoms with Gasteiger partial charge in [-0.3, -0.25) is 14.6 Å². The fourth-order valence-corrected chi connectivity index (χ4v) is 1.63. The second kappa shape index (κ2) is 6.60. The number of esters is 1.